The van der Waals surface area contributed by atoms with Gasteiger partial charge in [0.1, 0.15) is 11.6 Å². The number of carbonyl (C=O) groups excluding carboxylic acids is 1. The molecule has 0 spiro atoms. The molecule has 3 aromatic rings. The van der Waals surface area contributed by atoms with Gasteiger partial charge in [-0.05, 0) is 67.5 Å². The molecule has 35 heavy (non-hydrogen) atoms. The van der Waals surface area contributed by atoms with Crippen molar-refractivity contribution >= 4 is 17.7 Å². The minimum atomic E-state index is -0.160. The number of nitrogens with one attached hydrogen (secondary N) is 1. The van der Waals surface area contributed by atoms with Crippen LogP contribution in [0.15, 0.2) is 53.1 Å². The molecule has 1 amide bonds. The van der Waals surface area contributed by atoms with Gasteiger partial charge in [-0.3, -0.25) is 9.69 Å². The molecule has 0 saturated carbocycles. The molecule has 2 heterocycles. The van der Waals surface area contributed by atoms with E-state index in [4.69, 9.17) is 9.26 Å². The van der Waals surface area contributed by atoms with E-state index in [0.717, 1.165) is 48.4 Å². The summed E-state index contributed by atoms with van der Waals surface area (Å²) >= 11 is 1.68. The number of carbonyl (C=O) groups is 1. The number of benzene rings is 2. The van der Waals surface area contributed by atoms with Gasteiger partial charge in [0, 0.05) is 24.4 Å². The Kier molecular flexibility index (Phi) is 9.14. The predicted molar refractivity (Wildman–Crippen MR) is 134 cm³/mol. The number of halogens is 1. The van der Waals surface area contributed by atoms with Crippen molar-refractivity contribution in [2.24, 2.45) is 5.92 Å². The highest BCUT2D eigenvalue weighted by molar-refractivity contribution is 7.98. The maximum absolute atomic E-state index is 13.7. The van der Waals surface area contributed by atoms with Crippen LogP contribution < -0.4 is 10.1 Å². The van der Waals surface area contributed by atoms with Crippen molar-refractivity contribution < 1.29 is 18.4 Å². The fraction of sp³-hybridized carbons (Fsp3) is 0.423. The van der Waals surface area contributed by atoms with Crippen molar-refractivity contribution in [3.05, 3.63) is 65.8 Å². The zero-order valence-corrected chi connectivity index (χ0v) is 20.7. The van der Waals surface area contributed by atoms with Crippen LogP contribution in [-0.4, -0.2) is 53.4 Å². The summed E-state index contributed by atoms with van der Waals surface area (Å²) in [5.74, 6) is 3.28. The van der Waals surface area contributed by atoms with Crippen LogP contribution in [0.3, 0.4) is 0 Å². The summed E-state index contributed by atoms with van der Waals surface area (Å²) < 4.78 is 24.3. The lowest BCUT2D eigenvalue weighted by Crippen LogP contribution is -2.43. The van der Waals surface area contributed by atoms with Crippen molar-refractivity contribution in [3.63, 3.8) is 0 Å². The zero-order valence-electron chi connectivity index (χ0n) is 19.9. The Morgan fingerprint density at radius 3 is 2.89 bits per heavy atom. The van der Waals surface area contributed by atoms with Gasteiger partial charge in [-0.15, -0.1) is 0 Å². The smallest absolute Gasteiger partial charge is 0.241 e. The summed E-state index contributed by atoms with van der Waals surface area (Å²) in [6, 6.07) is 14.4. The van der Waals surface area contributed by atoms with E-state index < -0.39 is 0 Å². The van der Waals surface area contributed by atoms with Gasteiger partial charge in [0.2, 0.25) is 17.6 Å². The van der Waals surface area contributed by atoms with Crippen LogP contribution >= 0.6 is 11.8 Å². The van der Waals surface area contributed by atoms with Crippen molar-refractivity contribution in [2.75, 3.05) is 32.5 Å². The summed E-state index contributed by atoms with van der Waals surface area (Å²) in [6.45, 7) is 2.74. The van der Waals surface area contributed by atoms with E-state index in [-0.39, 0.29) is 17.6 Å². The number of ether oxygens (including phenoxy) is 1. The molecule has 1 aliphatic heterocycles. The summed E-state index contributed by atoms with van der Waals surface area (Å²) in [6.07, 6.45) is 2.69. The lowest BCUT2D eigenvalue weighted by molar-refractivity contribution is -0.126. The van der Waals surface area contributed by atoms with Gasteiger partial charge in [-0.25, -0.2) is 4.39 Å². The molecule has 9 heteroatoms. The second-order valence-electron chi connectivity index (χ2n) is 8.60. The van der Waals surface area contributed by atoms with Gasteiger partial charge in [-0.2, -0.15) is 16.7 Å². The van der Waals surface area contributed by atoms with Crippen LogP contribution in [-0.2, 0) is 17.1 Å². The van der Waals surface area contributed by atoms with Crippen LogP contribution in [0.5, 0.6) is 5.75 Å². The average Bonchev–Trinajstić information content (AvgIpc) is 3.35. The quantitative estimate of drug-likeness (QED) is 0.389. The zero-order chi connectivity index (χ0) is 24.5. The van der Waals surface area contributed by atoms with Crippen molar-refractivity contribution in [1.82, 2.24) is 20.4 Å². The van der Waals surface area contributed by atoms with Gasteiger partial charge in [0.05, 0.1) is 19.6 Å². The number of nitrogens with zero attached hydrogens (tertiary/aromatic N) is 3. The van der Waals surface area contributed by atoms with E-state index in [1.807, 2.05) is 36.4 Å². The van der Waals surface area contributed by atoms with Crippen LogP contribution in [0, 0.1) is 11.7 Å². The number of methoxy groups -OCH3 is 1. The molecule has 0 radical (unpaired) electrons. The maximum Gasteiger partial charge on any atom is 0.241 e. The first kappa shape index (κ1) is 25.2. The van der Waals surface area contributed by atoms with E-state index in [1.54, 1.807) is 24.9 Å². The Morgan fingerprint density at radius 2 is 2.09 bits per heavy atom. The molecular formula is C26H31FN4O3S. The van der Waals surface area contributed by atoms with Crippen LogP contribution in [0.25, 0.3) is 11.4 Å². The Labute approximate surface area is 209 Å². The van der Waals surface area contributed by atoms with E-state index in [1.165, 1.54) is 6.07 Å². The number of hydrogen-bond donors (Lipinski definition) is 1. The van der Waals surface area contributed by atoms with Crippen LogP contribution in [0.2, 0.25) is 0 Å². The lowest BCUT2D eigenvalue weighted by Gasteiger charge is -2.30. The first-order valence-electron chi connectivity index (χ1n) is 11.9. The summed E-state index contributed by atoms with van der Waals surface area (Å²) in [5, 5.41) is 7.16. The van der Waals surface area contributed by atoms with Crippen LogP contribution in [0.1, 0.15) is 30.7 Å². The summed E-state index contributed by atoms with van der Waals surface area (Å²) in [4.78, 5) is 19.4. The van der Waals surface area contributed by atoms with E-state index in [2.05, 4.69) is 20.4 Å². The third kappa shape index (κ3) is 7.29. The largest absolute Gasteiger partial charge is 0.497 e. The third-order valence-electron chi connectivity index (χ3n) is 6.03. The maximum atomic E-state index is 13.7. The fourth-order valence-corrected chi connectivity index (χ4v) is 5.06. The highest BCUT2D eigenvalue weighted by Gasteiger charge is 2.26. The molecule has 4 rings (SSSR count). The summed E-state index contributed by atoms with van der Waals surface area (Å²) in [7, 11) is 1.63. The van der Waals surface area contributed by atoms with Gasteiger partial charge in [0.25, 0.3) is 0 Å². The minimum absolute atomic E-state index is 0.0428. The number of amides is 1. The molecule has 1 N–H and O–H groups in total. The number of hydrogen-bond acceptors (Lipinski definition) is 7. The highest BCUT2D eigenvalue weighted by Crippen LogP contribution is 2.22. The first-order chi connectivity index (χ1) is 17.1. The summed E-state index contributed by atoms with van der Waals surface area (Å²) in [5.41, 5.74) is 1.59. The van der Waals surface area contributed by atoms with Gasteiger partial charge in [0.15, 0.2) is 0 Å². The monoisotopic (exact) mass is 498 g/mol. The van der Waals surface area contributed by atoms with Crippen molar-refractivity contribution in [3.8, 4) is 17.1 Å². The van der Waals surface area contributed by atoms with E-state index >= 15 is 0 Å². The number of likely N-dealkylation sites (tertiary alicyclic amines) is 1. The molecule has 7 nitrogen and oxygen atoms in total. The molecule has 0 aliphatic carbocycles. The molecule has 1 saturated heterocycles. The Balaban J connectivity index is 1.17. The highest BCUT2D eigenvalue weighted by atomic mass is 32.2. The van der Waals surface area contributed by atoms with E-state index in [9.17, 15) is 9.18 Å². The first-order valence-corrected chi connectivity index (χ1v) is 13.1. The number of piperidine rings is 1. The van der Waals surface area contributed by atoms with Crippen molar-refractivity contribution in [2.45, 2.75) is 31.6 Å². The molecule has 1 fully saturated rings. The average molecular weight is 499 g/mol. The molecule has 0 bridgehead atoms. The Morgan fingerprint density at radius 1 is 1.26 bits per heavy atom. The molecule has 186 valence electrons. The Bertz CT molecular complexity index is 1090. The van der Waals surface area contributed by atoms with E-state index in [0.29, 0.717) is 37.1 Å². The molecule has 1 aliphatic rings. The van der Waals surface area contributed by atoms with Gasteiger partial charge >= 0.3 is 0 Å². The SMILES string of the molecule is COc1ccc(-c2noc(CN3CCCC(C(=O)NCCCSCc4ccccc4F)C3)n2)cc1. The standard InChI is InChI=1S/C26H31FN4O3S/c1-33-22-11-9-19(10-12-22)25-29-24(34-30-25)17-31-14-4-7-20(16-31)26(32)28-13-5-15-35-18-21-6-2-3-8-23(21)27/h2-3,6,8-12,20H,4-5,7,13-18H2,1H3,(H,28,32). The molecular weight excluding hydrogens is 467 g/mol. The number of aromatic nitrogens is 2. The molecule has 1 atom stereocenters. The lowest BCUT2D eigenvalue weighted by atomic mass is 9.97. The Hall–Kier alpha value is -2.91. The number of rotatable bonds is 11. The third-order valence-corrected chi connectivity index (χ3v) is 7.12. The van der Waals surface area contributed by atoms with Crippen molar-refractivity contribution in [1.29, 1.82) is 0 Å². The normalized spacial score (nSPS) is 16.2. The predicted octanol–water partition coefficient (Wildman–Crippen LogP) is 4.54. The number of thioether (sulfide) groups is 1. The second-order valence-corrected chi connectivity index (χ2v) is 9.71. The van der Waals surface area contributed by atoms with Crippen LogP contribution in [0.4, 0.5) is 4.39 Å². The molecule has 2 aromatic carbocycles. The minimum Gasteiger partial charge on any atom is -0.497 e. The fourth-order valence-electron chi connectivity index (χ4n) is 4.11. The molecule has 1 aromatic heterocycles. The second kappa shape index (κ2) is 12.7. The molecule has 1 unspecified atom stereocenters. The van der Waals surface area contributed by atoms with Gasteiger partial charge in [-0.1, -0.05) is 23.4 Å². The topological polar surface area (TPSA) is 80.5 Å². The van der Waals surface area contributed by atoms with Gasteiger partial charge < -0.3 is 14.6 Å².